The molecule has 1 aliphatic rings. The predicted octanol–water partition coefficient (Wildman–Crippen LogP) is 1.96. The molecule has 0 radical (unpaired) electrons. The Kier molecular flexibility index (Phi) is 2.82. The van der Waals surface area contributed by atoms with Crippen LogP contribution in [0.25, 0.3) is 0 Å². The van der Waals surface area contributed by atoms with Crippen molar-refractivity contribution in [2.45, 2.75) is 19.8 Å². The second kappa shape index (κ2) is 3.87. The molecule has 0 spiro atoms. The summed E-state index contributed by atoms with van der Waals surface area (Å²) in [5, 5.41) is 11.5. The fraction of sp³-hybridized carbons (Fsp3) is 0.429. The van der Waals surface area contributed by atoms with Crippen LogP contribution in [0.5, 0.6) is 0 Å². The van der Waals surface area contributed by atoms with Gasteiger partial charge in [0.25, 0.3) is 0 Å². The van der Waals surface area contributed by atoms with Crippen LogP contribution in [0.4, 0.5) is 0 Å². The maximum absolute atomic E-state index is 8.44. The van der Waals surface area contributed by atoms with E-state index in [4.69, 9.17) is 10.8 Å². The summed E-state index contributed by atoms with van der Waals surface area (Å²) in [6.07, 6.45) is 3.24. The van der Waals surface area contributed by atoms with Crippen LogP contribution in [0.3, 0.4) is 0 Å². The van der Waals surface area contributed by atoms with Crippen LogP contribution >= 0.6 is 0 Å². The van der Waals surface area contributed by atoms with Gasteiger partial charge < -0.3 is 4.89 Å². The molecule has 0 fully saturated rings. The highest BCUT2D eigenvalue weighted by Gasteiger charge is 2.10. The van der Waals surface area contributed by atoms with E-state index in [-0.39, 0.29) is 0 Å². The first-order valence-electron chi connectivity index (χ1n) is 3.62. The van der Waals surface area contributed by atoms with Gasteiger partial charge in [0.05, 0.1) is 0 Å². The lowest BCUT2D eigenvalue weighted by molar-refractivity contribution is -0.199. The average molecular weight is 169 g/mol. The topological polar surface area (TPSA) is 77.7 Å². The number of hydrogen-bond donors (Lipinski definition) is 3. The standard InChI is InChI=1S/C7H11N3O2/c1-5-2-3-6(9-10-8)4-7(5)12-11/h4,11H,2-3H2,1H3,(H2,8,9). The fourth-order valence-electron chi connectivity index (χ4n) is 1.06. The molecule has 0 heterocycles. The summed E-state index contributed by atoms with van der Waals surface area (Å²) in [6.45, 7) is 1.89. The molecule has 0 saturated carbocycles. The van der Waals surface area contributed by atoms with Gasteiger partial charge in [-0.15, -0.1) is 0 Å². The number of hydrogen-bond acceptors (Lipinski definition) is 4. The molecule has 0 unspecified atom stereocenters. The van der Waals surface area contributed by atoms with Crippen molar-refractivity contribution in [3.8, 4) is 0 Å². The summed E-state index contributed by atoms with van der Waals surface area (Å²) >= 11 is 0. The number of rotatable bonds is 3. The average Bonchev–Trinajstić information content (AvgIpc) is 2.09. The Morgan fingerprint density at radius 2 is 2.42 bits per heavy atom. The lowest BCUT2D eigenvalue weighted by Crippen LogP contribution is -2.09. The molecule has 12 heavy (non-hydrogen) atoms. The molecule has 0 aromatic carbocycles. The van der Waals surface area contributed by atoms with E-state index in [9.17, 15) is 0 Å². The zero-order chi connectivity index (χ0) is 8.97. The second-order valence-corrected chi connectivity index (χ2v) is 2.63. The molecule has 0 atom stereocenters. The first-order chi connectivity index (χ1) is 5.77. The molecule has 0 saturated heterocycles. The van der Waals surface area contributed by atoms with Gasteiger partial charge in [0.2, 0.25) is 0 Å². The molecule has 1 aliphatic carbocycles. The third kappa shape index (κ3) is 1.82. The van der Waals surface area contributed by atoms with Gasteiger partial charge in [-0.1, -0.05) is 5.22 Å². The van der Waals surface area contributed by atoms with Crippen molar-refractivity contribution in [3.05, 3.63) is 23.1 Å². The Morgan fingerprint density at radius 1 is 1.67 bits per heavy atom. The highest BCUT2D eigenvalue weighted by molar-refractivity contribution is 5.27. The third-order valence-corrected chi connectivity index (χ3v) is 1.79. The highest BCUT2D eigenvalue weighted by Crippen LogP contribution is 2.22. The van der Waals surface area contributed by atoms with Crippen LogP contribution in [-0.2, 0) is 4.89 Å². The van der Waals surface area contributed by atoms with Crippen LogP contribution in [0, 0.1) is 5.53 Å². The molecule has 3 N–H and O–H groups in total. The monoisotopic (exact) mass is 169 g/mol. The van der Waals surface area contributed by atoms with Crippen LogP contribution in [0.1, 0.15) is 19.8 Å². The fourth-order valence-corrected chi connectivity index (χ4v) is 1.06. The van der Waals surface area contributed by atoms with Gasteiger partial charge in [0, 0.05) is 11.8 Å². The minimum atomic E-state index is 0.437. The smallest absolute Gasteiger partial charge is 0.165 e. The van der Waals surface area contributed by atoms with E-state index in [0.29, 0.717) is 5.76 Å². The molecular weight excluding hydrogens is 158 g/mol. The van der Waals surface area contributed by atoms with Gasteiger partial charge in [0.1, 0.15) is 0 Å². The molecule has 1 rings (SSSR count). The van der Waals surface area contributed by atoms with E-state index in [1.807, 2.05) is 6.92 Å². The van der Waals surface area contributed by atoms with E-state index in [1.165, 1.54) is 0 Å². The summed E-state index contributed by atoms with van der Waals surface area (Å²) in [6, 6.07) is 0. The van der Waals surface area contributed by atoms with E-state index < -0.39 is 0 Å². The molecular formula is C7H11N3O2. The van der Waals surface area contributed by atoms with Crippen LogP contribution < -0.4 is 5.43 Å². The molecule has 66 valence electrons. The Labute approximate surface area is 70.1 Å². The van der Waals surface area contributed by atoms with Gasteiger partial charge in [-0.25, -0.2) is 5.26 Å². The quantitative estimate of drug-likeness (QED) is 0.343. The largest absolute Gasteiger partial charge is 0.340 e. The molecule has 5 nitrogen and oxygen atoms in total. The van der Waals surface area contributed by atoms with Gasteiger partial charge in [-0.05, 0) is 25.3 Å². The van der Waals surface area contributed by atoms with Crippen molar-refractivity contribution in [1.82, 2.24) is 5.43 Å². The van der Waals surface area contributed by atoms with Crippen LogP contribution in [-0.4, -0.2) is 5.26 Å². The summed E-state index contributed by atoms with van der Waals surface area (Å²) in [7, 11) is 0. The van der Waals surface area contributed by atoms with Gasteiger partial charge in [-0.3, -0.25) is 5.43 Å². The number of nitrogens with zero attached hydrogens (tertiary/aromatic N) is 1. The van der Waals surface area contributed by atoms with Crippen molar-refractivity contribution in [2.75, 3.05) is 0 Å². The van der Waals surface area contributed by atoms with Crippen molar-refractivity contribution in [2.24, 2.45) is 5.22 Å². The van der Waals surface area contributed by atoms with Gasteiger partial charge in [0.15, 0.2) is 5.76 Å². The zero-order valence-electron chi connectivity index (χ0n) is 6.79. The number of allylic oxidation sites excluding steroid dienone is 3. The molecule has 0 aromatic heterocycles. The first kappa shape index (κ1) is 8.73. The Morgan fingerprint density at radius 3 is 3.00 bits per heavy atom. The highest BCUT2D eigenvalue weighted by atomic mass is 17.1. The molecule has 0 amide bonds. The van der Waals surface area contributed by atoms with E-state index in [1.54, 1.807) is 6.08 Å². The molecule has 0 aliphatic heterocycles. The normalized spacial score (nSPS) is 17.0. The summed E-state index contributed by atoms with van der Waals surface area (Å²) in [4.78, 5) is 4.14. The second-order valence-electron chi connectivity index (χ2n) is 2.63. The SMILES string of the molecule is CC1=C(OO)C=C(NN=N)CC1. The maximum Gasteiger partial charge on any atom is 0.165 e. The molecule has 0 bridgehead atoms. The number of nitrogens with one attached hydrogen (secondary N) is 2. The van der Waals surface area contributed by atoms with Crippen molar-refractivity contribution in [1.29, 1.82) is 5.53 Å². The first-order valence-corrected chi connectivity index (χ1v) is 3.62. The van der Waals surface area contributed by atoms with Crippen LogP contribution in [0.15, 0.2) is 28.3 Å². The Bertz CT molecular complexity index is 245. The van der Waals surface area contributed by atoms with Crippen molar-refractivity contribution >= 4 is 0 Å². The van der Waals surface area contributed by atoms with Crippen molar-refractivity contribution < 1.29 is 10.1 Å². The van der Waals surface area contributed by atoms with E-state index >= 15 is 0 Å². The van der Waals surface area contributed by atoms with Crippen LogP contribution in [0.2, 0.25) is 0 Å². The zero-order valence-corrected chi connectivity index (χ0v) is 6.79. The van der Waals surface area contributed by atoms with E-state index in [2.05, 4.69) is 15.5 Å². The van der Waals surface area contributed by atoms with Crippen molar-refractivity contribution in [3.63, 3.8) is 0 Å². The van der Waals surface area contributed by atoms with Gasteiger partial charge in [-0.2, -0.15) is 5.53 Å². The molecule has 0 aromatic rings. The Balaban J connectivity index is 2.75. The predicted molar refractivity (Wildman–Crippen MR) is 42.0 cm³/mol. The van der Waals surface area contributed by atoms with E-state index in [0.717, 1.165) is 24.1 Å². The van der Waals surface area contributed by atoms with Gasteiger partial charge >= 0.3 is 0 Å². The Hall–Kier alpha value is -1.36. The molecule has 5 heteroatoms. The lowest BCUT2D eigenvalue weighted by atomic mass is 10.0. The maximum atomic E-state index is 8.44. The summed E-state index contributed by atoms with van der Waals surface area (Å²) in [5.41, 5.74) is 10.8. The summed E-state index contributed by atoms with van der Waals surface area (Å²) < 4.78 is 0. The lowest BCUT2D eigenvalue weighted by Gasteiger charge is -2.13. The minimum absolute atomic E-state index is 0.437. The summed E-state index contributed by atoms with van der Waals surface area (Å²) in [5.74, 6) is 0.437. The minimum Gasteiger partial charge on any atom is -0.340 e. The third-order valence-electron chi connectivity index (χ3n) is 1.79.